The first-order valence-corrected chi connectivity index (χ1v) is 5.91. The van der Waals surface area contributed by atoms with Crippen LogP contribution < -0.4 is 16.0 Å². The van der Waals surface area contributed by atoms with Crippen LogP contribution in [0.15, 0.2) is 36.7 Å². The van der Waals surface area contributed by atoms with E-state index >= 15 is 0 Å². The molecule has 1 aromatic carbocycles. The van der Waals surface area contributed by atoms with E-state index in [0.29, 0.717) is 0 Å². The van der Waals surface area contributed by atoms with Crippen LogP contribution in [0.5, 0.6) is 5.75 Å². The molecule has 0 aliphatic carbocycles. The topological polar surface area (TPSA) is 65.1 Å². The molecule has 3 N–H and O–H groups in total. The van der Waals surface area contributed by atoms with Crippen molar-refractivity contribution in [3.05, 3.63) is 48.0 Å². The number of methoxy groups -OCH3 is 1. The van der Waals surface area contributed by atoms with Gasteiger partial charge >= 0.3 is 0 Å². The van der Waals surface area contributed by atoms with Gasteiger partial charge in [0.1, 0.15) is 17.6 Å². The standard InChI is InChI=1S/C13H18N4O/c1-3-17-9-8-15-13(17)12(16-14)10-6-4-5-7-11(10)18-2/h4-9,12,16H,3,14H2,1-2H3. The molecule has 96 valence electrons. The quantitative estimate of drug-likeness (QED) is 0.619. The fourth-order valence-corrected chi connectivity index (χ4v) is 2.06. The Hall–Kier alpha value is -1.85. The van der Waals surface area contributed by atoms with Crippen molar-refractivity contribution in [3.8, 4) is 5.75 Å². The molecule has 1 aromatic heterocycles. The summed E-state index contributed by atoms with van der Waals surface area (Å²) >= 11 is 0. The van der Waals surface area contributed by atoms with Gasteiger partial charge in [-0.15, -0.1) is 0 Å². The molecule has 1 unspecified atom stereocenters. The summed E-state index contributed by atoms with van der Waals surface area (Å²) in [6, 6.07) is 7.61. The first-order valence-electron chi connectivity index (χ1n) is 5.91. The summed E-state index contributed by atoms with van der Waals surface area (Å²) < 4.78 is 7.42. The molecule has 0 saturated carbocycles. The Balaban J connectivity index is 2.45. The number of para-hydroxylation sites is 1. The molecule has 2 aromatic rings. The average molecular weight is 246 g/mol. The van der Waals surface area contributed by atoms with Crippen LogP contribution in [0, 0.1) is 0 Å². The third-order valence-electron chi connectivity index (χ3n) is 2.96. The molecule has 0 radical (unpaired) electrons. The Morgan fingerprint density at radius 2 is 2.22 bits per heavy atom. The smallest absolute Gasteiger partial charge is 0.131 e. The Labute approximate surface area is 107 Å². The maximum atomic E-state index is 5.68. The number of aryl methyl sites for hydroxylation is 1. The van der Waals surface area contributed by atoms with E-state index in [1.165, 1.54) is 0 Å². The highest BCUT2D eigenvalue weighted by molar-refractivity contribution is 5.38. The van der Waals surface area contributed by atoms with Gasteiger partial charge in [-0.25, -0.2) is 10.4 Å². The molecule has 18 heavy (non-hydrogen) atoms. The lowest BCUT2D eigenvalue weighted by atomic mass is 10.1. The zero-order valence-electron chi connectivity index (χ0n) is 10.6. The van der Waals surface area contributed by atoms with Crippen LogP contribution in [-0.4, -0.2) is 16.7 Å². The molecular formula is C13H18N4O. The van der Waals surface area contributed by atoms with Gasteiger partial charge in [-0.3, -0.25) is 5.84 Å². The zero-order chi connectivity index (χ0) is 13.0. The molecular weight excluding hydrogens is 228 g/mol. The maximum Gasteiger partial charge on any atom is 0.131 e. The second-order valence-corrected chi connectivity index (χ2v) is 3.91. The number of hydrogen-bond donors (Lipinski definition) is 2. The van der Waals surface area contributed by atoms with Crippen molar-refractivity contribution < 1.29 is 4.74 Å². The first-order chi connectivity index (χ1) is 8.81. The van der Waals surface area contributed by atoms with Gasteiger partial charge in [-0.2, -0.15) is 0 Å². The van der Waals surface area contributed by atoms with Crippen LogP contribution in [-0.2, 0) is 6.54 Å². The number of aromatic nitrogens is 2. The van der Waals surface area contributed by atoms with E-state index in [0.717, 1.165) is 23.7 Å². The summed E-state index contributed by atoms with van der Waals surface area (Å²) in [6.45, 7) is 2.92. The monoisotopic (exact) mass is 246 g/mol. The molecule has 5 heteroatoms. The minimum atomic E-state index is -0.184. The van der Waals surface area contributed by atoms with E-state index in [2.05, 4.69) is 21.9 Å². The van der Waals surface area contributed by atoms with Gasteiger partial charge in [0.05, 0.1) is 7.11 Å². The largest absolute Gasteiger partial charge is 0.496 e. The van der Waals surface area contributed by atoms with Crippen LogP contribution in [0.4, 0.5) is 0 Å². The molecule has 0 saturated heterocycles. The average Bonchev–Trinajstić information content (AvgIpc) is 2.88. The second kappa shape index (κ2) is 5.66. The lowest BCUT2D eigenvalue weighted by molar-refractivity contribution is 0.402. The van der Waals surface area contributed by atoms with Crippen LogP contribution in [0.3, 0.4) is 0 Å². The molecule has 1 heterocycles. The number of nitrogens with two attached hydrogens (primary N) is 1. The lowest BCUT2D eigenvalue weighted by Crippen LogP contribution is -2.31. The summed E-state index contributed by atoms with van der Waals surface area (Å²) in [7, 11) is 1.65. The van der Waals surface area contributed by atoms with E-state index < -0.39 is 0 Å². The van der Waals surface area contributed by atoms with E-state index in [1.54, 1.807) is 13.3 Å². The molecule has 0 aliphatic rings. The molecule has 0 bridgehead atoms. The summed E-state index contributed by atoms with van der Waals surface area (Å²) in [5, 5.41) is 0. The molecule has 0 amide bonds. The number of nitrogens with one attached hydrogen (secondary N) is 1. The highest BCUT2D eigenvalue weighted by atomic mass is 16.5. The summed E-state index contributed by atoms with van der Waals surface area (Å²) in [5.41, 5.74) is 3.78. The molecule has 5 nitrogen and oxygen atoms in total. The van der Waals surface area contributed by atoms with E-state index in [1.807, 2.05) is 30.5 Å². The van der Waals surface area contributed by atoms with Gasteiger partial charge in [0.2, 0.25) is 0 Å². The number of imidazole rings is 1. The van der Waals surface area contributed by atoms with E-state index in [4.69, 9.17) is 10.6 Å². The number of benzene rings is 1. The van der Waals surface area contributed by atoms with Crippen molar-refractivity contribution in [3.63, 3.8) is 0 Å². The first kappa shape index (κ1) is 12.6. The van der Waals surface area contributed by atoms with Gasteiger partial charge in [0, 0.05) is 24.5 Å². The van der Waals surface area contributed by atoms with Crippen molar-refractivity contribution in [1.82, 2.24) is 15.0 Å². The molecule has 0 fully saturated rings. The number of nitrogens with zero attached hydrogens (tertiary/aromatic N) is 2. The predicted octanol–water partition coefficient (Wildman–Crippen LogP) is 1.46. The van der Waals surface area contributed by atoms with Gasteiger partial charge in [0.15, 0.2) is 0 Å². The van der Waals surface area contributed by atoms with Gasteiger partial charge in [-0.1, -0.05) is 18.2 Å². The van der Waals surface area contributed by atoms with Crippen LogP contribution in [0.1, 0.15) is 24.4 Å². The minimum Gasteiger partial charge on any atom is -0.496 e. The number of ether oxygens (including phenoxy) is 1. The lowest BCUT2D eigenvalue weighted by Gasteiger charge is -2.19. The summed E-state index contributed by atoms with van der Waals surface area (Å²) in [6.07, 6.45) is 3.72. The SMILES string of the molecule is CCn1ccnc1C(NN)c1ccccc1OC. The molecule has 2 rings (SSSR count). The Morgan fingerprint density at radius 3 is 2.89 bits per heavy atom. The maximum absolute atomic E-state index is 5.68. The number of hydrazine groups is 1. The fourth-order valence-electron chi connectivity index (χ4n) is 2.06. The Bertz CT molecular complexity index is 509. The number of hydrogen-bond acceptors (Lipinski definition) is 4. The number of rotatable bonds is 5. The highest BCUT2D eigenvalue weighted by Gasteiger charge is 2.20. The third-order valence-corrected chi connectivity index (χ3v) is 2.96. The second-order valence-electron chi connectivity index (χ2n) is 3.91. The third kappa shape index (κ3) is 2.23. The normalized spacial score (nSPS) is 12.4. The van der Waals surface area contributed by atoms with Crippen molar-refractivity contribution in [1.29, 1.82) is 0 Å². The van der Waals surface area contributed by atoms with Crippen molar-refractivity contribution in [2.75, 3.05) is 7.11 Å². The predicted molar refractivity (Wildman–Crippen MR) is 70.1 cm³/mol. The van der Waals surface area contributed by atoms with Crippen molar-refractivity contribution >= 4 is 0 Å². The fraction of sp³-hybridized carbons (Fsp3) is 0.308. The molecule has 0 aliphatic heterocycles. The van der Waals surface area contributed by atoms with Gasteiger partial charge < -0.3 is 9.30 Å². The van der Waals surface area contributed by atoms with Crippen LogP contribution in [0.25, 0.3) is 0 Å². The minimum absolute atomic E-state index is 0.184. The Kier molecular flexibility index (Phi) is 3.96. The van der Waals surface area contributed by atoms with E-state index in [-0.39, 0.29) is 6.04 Å². The van der Waals surface area contributed by atoms with Crippen LogP contribution >= 0.6 is 0 Å². The van der Waals surface area contributed by atoms with Crippen molar-refractivity contribution in [2.45, 2.75) is 19.5 Å². The van der Waals surface area contributed by atoms with E-state index in [9.17, 15) is 0 Å². The van der Waals surface area contributed by atoms with Gasteiger partial charge in [-0.05, 0) is 13.0 Å². The van der Waals surface area contributed by atoms with Gasteiger partial charge in [0.25, 0.3) is 0 Å². The molecule has 0 spiro atoms. The van der Waals surface area contributed by atoms with Crippen LogP contribution in [0.2, 0.25) is 0 Å². The summed E-state index contributed by atoms with van der Waals surface area (Å²) in [5.74, 6) is 7.36. The van der Waals surface area contributed by atoms with Crippen molar-refractivity contribution in [2.24, 2.45) is 5.84 Å². The zero-order valence-corrected chi connectivity index (χ0v) is 10.6. The molecule has 1 atom stereocenters. The Morgan fingerprint density at radius 1 is 1.44 bits per heavy atom. The summed E-state index contributed by atoms with van der Waals surface area (Å²) in [4.78, 5) is 4.37. The highest BCUT2D eigenvalue weighted by Crippen LogP contribution is 2.28.